The van der Waals surface area contributed by atoms with Crippen LogP contribution in [0, 0.1) is 0 Å². The summed E-state index contributed by atoms with van der Waals surface area (Å²) in [5.41, 5.74) is 15.1. The van der Waals surface area contributed by atoms with E-state index in [4.69, 9.17) is 0 Å². The molecule has 2 unspecified atom stereocenters. The molecule has 0 N–H and O–H groups in total. The second-order valence-corrected chi connectivity index (χ2v) is 13.0. The van der Waals surface area contributed by atoms with Gasteiger partial charge in [0.2, 0.25) is 0 Å². The van der Waals surface area contributed by atoms with E-state index in [9.17, 15) is 0 Å². The predicted molar refractivity (Wildman–Crippen MR) is 134 cm³/mol. The summed E-state index contributed by atoms with van der Waals surface area (Å²) in [4.78, 5) is 0. The minimum absolute atomic E-state index is 0. The number of hydrogen-bond donors (Lipinski definition) is 0. The van der Waals surface area contributed by atoms with Crippen LogP contribution >= 0.6 is 0 Å². The molecule has 0 nitrogen and oxygen atoms in total. The van der Waals surface area contributed by atoms with E-state index in [0.717, 1.165) is 0 Å². The SMILES string of the molecule is C1=C2CCC3=Cc4c(-c5ccccc5)cccc4[CH]3[Zr+2][CH]2c2cccc(-c3ccccc3)c21.[Cl-].[Cl-]. The predicted octanol–water partition coefficient (Wildman–Crippen LogP) is 2.48. The molecule has 170 valence electrons. The first kappa shape index (κ1) is 24.5. The molecule has 2 atom stereocenters. The van der Waals surface area contributed by atoms with Gasteiger partial charge in [0.25, 0.3) is 0 Å². The maximum absolute atomic E-state index is 2.56. The van der Waals surface area contributed by atoms with Crippen molar-refractivity contribution in [2.45, 2.75) is 20.1 Å². The third kappa shape index (κ3) is 4.13. The molecule has 1 saturated heterocycles. The molecule has 1 fully saturated rings. The average Bonchev–Trinajstić information content (AvgIpc) is 3.36. The Morgan fingerprint density at radius 3 is 1.34 bits per heavy atom. The molecule has 4 aromatic rings. The summed E-state index contributed by atoms with van der Waals surface area (Å²) in [6.45, 7) is 0. The van der Waals surface area contributed by atoms with Crippen molar-refractivity contribution in [3.05, 3.63) is 130 Å². The van der Waals surface area contributed by atoms with Crippen LogP contribution in [0.5, 0.6) is 0 Å². The van der Waals surface area contributed by atoms with Crippen molar-refractivity contribution in [3.63, 3.8) is 0 Å². The fraction of sp³-hybridized carbons (Fsp3) is 0.125. The van der Waals surface area contributed by atoms with E-state index in [0.29, 0.717) is 7.25 Å². The summed E-state index contributed by atoms with van der Waals surface area (Å²) < 4.78 is 1.41. The van der Waals surface area contributed by atoms with Crippen molar-refractivity contribution >= 4 is 12.2 Å². The first-order valence-electron chi connectivity index (χ1n) is 11.9. The maximum Gasteiger partial charge on any atom is -1.00 e. The van der Waals surface area contributed by atoms with Crippen LogP contribution in [0.25, 0.3) is 34.4 Å². The Morgan fingerprint density at radius 1 is 0.486 bits per heavy atom. The van der Waals surface area contributed by atoms with Gasteiger partial charge in [0, 0.05) is 0 Å². The minimum Gasteiger partial charge on any atom is -1.00 e. The Kier molecular flexibility index (Phi) is 7.05. The number of fused-ring (bicyclic) bond motifs is 6. The first-order valence-corrected chi connectivity index (χ1v) is 14.7. The zero-order valence-electron chi connectivity index (χ0n) is 19.2. The van der Waals surface area contributed by atoms with Crippen molar-refractivity contribution in [3.8, 4) is 22.3 Å². The van der Waals surface area contributed by atoms with Gasteiger partial charge in [-0.3, -0.25) is 0 Å². The summed E-state index contributed by atoms with van der Waals surface area (Å²) in [7, 11) is 0. The van der Waals surface area contributed by atoms with Crippen molar-refractivity contribution in [1.29, 1.82) is 0 Å². The molecule has 0 radical (unpaired) electrons. The van der Waals surface area contributed by atoms with E-state index >= 15 is 0 Å². The molecule has 1 aliphatic heterocycles. The van der Waals surface area contributed by atoms with Gasteiger partial charge in [0.15, 0.2) is 0 Å². The van der Waals surface area contributed by atoms with Crippen LogP contribution < -0.4 is 24.8 Å². The van der Waals surface area contributed by atoms with E-state index in [1.54, 1.807) is 22.3 Å². The molecule has 35 heavy (non-hydrogen) atoms. The number of hydrogen-bond acceptors (Lipinski definition) is 0. The first-order chi connectivity index (χ1) is 16.4. The van der Waals surface area contributed by atoms with Crippen LogP contribution in [0.15, 0.2) is 108 Å². The Labute approximate surface area is 231 Å². The topological polar surface area (TPSA) is 0 Å². The van der Waals surface area contributed by atoms with E-state index < -0.39 is 23.2 Å². The third-order valence-electron chi connectivity index (χ3n) is 7.51. The summed E-state index contributed by atoms with van der Waals surface area (Å²) >= 11 is -0.773. The van der Waals surface area contributed by atoms with Gasteiger partial charge >= 0.3 is 208 Å². The van der Waals surface area contributed by atoms with Gasteiger partial charge in [0.1, 0.15) is 0 Å². The second-order valence-electron chi connectivity index (χ2n) is 9.32. The molecule has 0 bridgehead atoms. The van der Waals surface area contributed by atoms with Gasteiger partial charge in [-0.15, -0.1) is 0 Å². The molecule has 3 aliphatic rings. The zero-order valence-corrected chi connectivity index (χ0v) is 23.2. The third-order valence-corrected chi connectivity index (χ3v) is 12.5. The molecular formula is C32H24Cl2Zr. The molecule has 3 heteroatoms. The van der Waals surface area contributed by atoms with Gasteiger partial charge in [-0.05, 0) is 0 Å². The molecule has 0 amide bonds. The largest absolute Gasteiger partial charge is 1.00 e. The van der Waals surface area contributed by atoms with E-state index in [2.05, 4.69) is 109 Å². The summed E-state index contributed by atoms with van der Waals surface area (Å²) in [5, 5.41) is 0. The van der Waals surface area contributed by atoms with Crippen LogP contribution in [-0.4, -0.2) is 0 Å². The van der Waals surface area contributed by atoms with Crippen LogP contribution in [0.1, 0.15) is 42.3 Å². The van der Waals surface area contributed by atoms with E-state index in [1.165, 1.54) is 46.2 Å². The molecule has 2 aliphatic carbocycles. The molecule has 7 rings (SSSR count). The van der Waals surface area contributed by atoms with Gasteiger partial charge in [-0.1, -0.05) is 0 Å². The zero-order chi connectivity index (χ0) is 21.8. The maximum atomic E-state index is 2.56. The Bertz CT molecular complexity index is 1330. The smallest absolute Gasteiger partial charge is 1.00 e. The number of allylic oxidation sites excluding steroid dienone is 2. The quantitative estimate of drug-likeness (QED) is 0.348. The van der Waals surface area contributed by atoms with Gasteiger partial charge in [-0.25, -0.2) is 0 Å². The Morgan fingerprint density at radius 2 is 0.914 bits per heavy atom. The van der Waals surface area contributed by atoms with Crippen LogP contribution in [0.3, 0.4) is 0 Å². The molecule has 1 heterocycles. The van der Waals surface area contributed by atoms with Crippen LogP contribution in [0.4, 0.5) is 0 Å². The Hall–Kier alpha value is -2.18. The summed E-state index contributed by atoms with van der Waals surface area (Å²) in [6, 6.07) is 35.9. The van der Waals surface area contributed by atoms with Gasteiger partial charge in [0.05, 0.1) is 0 Å². The van der Waals surface area contributed by atoms with Crippen molar-refractivity contribution in [2.24, 2.45) is 0 Å². The monoisotopic (exact) mass is 568 g/mol. The van der Waals surface area contributed by atoms with Crippen molar-refractivity contribution in [1.82, 2.24) is 0 Å². The summed E-state index contributed by atoms with van der Waals surface area (Å²) in [6.07, 6.45) is 7.55. The fourth-order valence-corrected chi connectivity index (χ4v) is 11.1. The molecule has 0 spiro atoms. The molecule has 0 saturated carbocycles. The normalized spacial score (nSPS) is 18.5. The average molecular weight is 571 g/mol. The van der Waals surface area contributed by atoms with E-state index in [1.807, 2.05) is 0 Å². The molecule has 0 aromatic heterocycles. The molecular weight excluding hydrogens is 546 g/mol. The standard InChI is InChI=1S/C32H24.2ClH.Zr/c1-3-9-25(10-4-1)29-15-7-13-27-19-23(21-31(27)29)17-18-24-20-28-14-8-16-30(32(28)22-24)26-11-5-2-6-12-26;;;/h1-16,19-22H,17-18H2;2*1H;/q;;;+2/p-2. The van der Waals surface area contributed by atoms with Crippen molar-refractivity contribution in [2.75, 3.05) is 0 Å². The number of benzene rings is 4. The van der Waals surface area contributed by atoms with Crippen molar-refractivity contribution < 1.29 is 48.0 Å². The Balaban J connectivity index is 0.00000127. The second kappa shape index (κ2) is 10.1. The van der Waals surface area contributed by atoms with E-state index in [-0.39, 0.29) is 24.8 Å². The molecule has 4 aromatic carbocycles. The van der Waals surface area contributed by atoms with Gasteiger partial charge in [-0.2, -0.15) is 0 Å². The van der Waals surface area contributed by atoms with Crippen LogP contribution in [-0.2, 0) is 23.2 Å². The fourth-order valence-electron chi connectivity index (χ4n) is 5.95. The van der Waals surface area contributed by atoms with Gasteiger partial charge < -0.3 is 24.8 Å². The minimum atomic E-state index is -0.773. The van der Waals surface area contributed by atoms with Crippen LogP contribution in [0.2, 0.25) is 0 Å². The number of halogens is 2. The summed E-state index contributed by atoms with van der Waals surface area (Å²) in [5.74, 6) is 0. The number of rotatable bonds is 2.